The second-order valence-corrected chi connectivity index (χ2v) is 5.38. The molecular formula is C13H11F3O3S. The highest BCUT2D eigenvalue weighted by atomic mass is 32.1. The van der Waals surface area contributed by atoms with E-state index in [1.807, 2.05) is 0 Å². The first kappa shape index (κ1) is 14.6. The zero-order valence-electron chi connectivity index (χ0n) is 10.9. The summed E-state index contributed by atoms with van der Waals surface area (Å²) in [6.07, 6.45) is -4.56. The van der Waals surface area contributed by atoms with Gasteiger partial charge in [-0.15, -0.1) is 11.3 Å². The molecule has 0 saturated heterocycles. The highest BCUT2D eigenvalue weighted by Gasteiger charge is 2.36. The zero-order valence-corrected chi connectivity index (χ0v) is 11.7. The summed E-state index contributed by atoms with van der Waals surface area (Å²) < 4.78 is 49.7. The molecule has 2 aromatic rings. The molecule has 0 bridgehead atoms. The lowest BCUT2D eigenvalue weighted by Gasteiger charge is -2.12. The molecule has 1 aromatic heterocycles. The molecule has 0 unspecified atom stereocenters. The van der Waals surface area contributed by atoms with E-state index in [0.29, 0.717) is 9.58 Å². The Balaban J connectivity index is 2.82. The number of carbonyl (C=O) groups excluding carboxylic acids is 1. The number of esters is 1. The third kappa shape index (κ3) is 2.58. The molecule has 108 valence electrons. The van der Waals surface area contributed by atoms with Gasteiger partial charge in [0.05, 0.1) is 12.7 Å². The van der Waals surface area contributed by atoms with Gasteiger partial charge >= 0.3 is 12.1 Å². The van der Waals surface area contributed by atoms with E-state index in [4.69, 9.17) is 9.47 Å². The number of alkyl halides is 3. The molecule has 0 aliphatic heterocycles. The lowest BCUT2D eigenvalue weighted by molar-refractivity contribution is -0.137. The summed E-state index contributed by atoms with van der Waals surface area (Å²) in [5.41, 5.74) is -0.868. The van der Waals surface area contributed by atoms with Crippen molar-refractivity contribution in [2.24, 2.45) is 0 Å². The average molecular weight is 304 g/mol. The molecule has 0 saturated carbocycles. The summed E-state index contributed by atoms with van der Waals surface area (Å²) >= 11 is 1.12. The van der Waals surface area contributed by atoms with Crippen molar-refractivity contribution >= 4 is 27.4 Å². The van der Waals surface area contributed by atoms with Crippen LogP contribution in [0, 0.1) is 6.92 Å². The molecule has 1 heterocycles. The van der Waals surface area contributed by atoms with Crippen LogP contribution in [-0.4, -0.2) is 13.1 Å². The van der Waals surface area contributed by atoms with Crippen molar-refractivity contribution in [2.45, 2.75) is 20.0 Å². The Labute approximate surface area is 116 Å². The SMILES string of the molecule is COc1cc(C(F)(F)F)c2c(OC(C)=O)c(C)sc2c1. The zero-order chi connectivity index (χ0) is 15.1. The second-order valence-electron chi connectivity index (χ2n) is 4.13. The standard InChI is InChI=1S/C13H11F3O3S/c1-6-12(19-7(2)17)11-9(13(14,15)16)4-8(18-3)5-10(11)20-6/h4-5H,1-3H3. The van der Waals surface area contributed by atoms with Gasteiger partial charge in [-0.05, 0) is 19.1 Å². The Morgan fingerprint density at radius 1 is 1.30 bits per heavy atom. The van der Waals surface area contributed by atoms with Crippen LogP contribution in [0.4, 0.5) is 13.2 Å². The molecule has 0 spiro atoms. The van der Waals surface area contributed by atoms with Crippen LogP contribution >= 0.6 is 11.3 Å². The van der Waals surface area contributed by atoms with Gasteiger partial charge in [0.1, 0.15) is 5.75 Å². The first-order chi connectivity index (χ1) is 9.24. The first-order valence-electron chi connectivity index (χ1n) is 5.60. The van der Waals surface area contributed by atoms with Crippen LogP contribution in [0.3, 0.4) is 0 Å². The van der Waals surface area contributed by atoms with Crippen LogP contribution < -0.4 is 9.47 Å². The van der Waals surface area contributed by atoms with Crippen molar-refractivity contribution in [1.82, 2.24) is 0 Å². The maximum Gasteiger partial charge on any atom is 0.417 e. The summed E-state index contributed by atoms with van der Waals surface area (Å²) in [4.78, 5) is 11.6. The molecule has 2 rings (SSSR count). The van der Waals surface area contributed by atoms with Gasteiger partial charge in [-0.2, -0.15) is 13.2 Å². The van der Waals surface area contributed by atoms with E-state index < -0.39 is 17.7 Å². The van der Waals surface area contributed by atoms with Gasteiger partial charge in [-0.25, -0.2) is 0 Å². The molecule has 0 radical (unpaired) electrons. The molecular weight excluding hydrogens is 293 g/mol. The van der Waals surface area contributed by atoms with Crippen molar-refractivity contribution in [3.63, 3.8) is 0 Å². The minimum atomic E-state index is -4.56. The van der Waals surface area contributed by atoms with Gasteiger partial charge in [0.15, 0.2) is 5.75 Å². The van der Waals surface area contributed by atoms with Gasteiger partial charge in [0.25, 0.3) is 0 Å². The number of aryl methyl sites for hydroxylation is 1. The molecule has 0 fully saturated rings. The Morgan fingerprint density at radius 3 is 2.45 bits per heavy atom. The van der Waals surface area contributed by atoms with E-state index in [0.717, 1.165) is 24.3 Å². The van der Waals surface area contributed by atoms with Crippen molar-refractivity contribution in [3.05, 3.63) is 22.6 Å². The molecule has 0 atom stereocenters. The molecule has 20 heavy (non-hydrogen) atoms. The topological polar surface area (TPSA) is 35.5 Å². The minimum absolute atomic E-state index is 0.0347. The highest BCUT2D eigenvalue weighted by molar-refractivity contribution is 7.19. The van der Waals surface area contributed by atoms with Crippen LogP contribution in [0.5, 0.6) is 11.5 Å². The fourth-order valence-electron chi connectivity index (χ4n) is 1.90. The van der Waals surface area contributed by atoms with Gasteiger partial charge in [-0.3, -0.25) is 4.79 Å². The largest absolute Gasteiger partial charge is 0.497 e. The molecule has 0 aliphatic carbocycles. The summed E-state index contributed by atoms with van der Waals surface area (Å²) in [7, 11) is 1.30. The summed E-state index contributed by atoms with van der Waals surface area (Å²) in [5.74, 6) is -0.579. The van der Waals surface area contributed by atoms with Gasteiger partial charge in [0, 0.05) is 21.9 Å². The third-order valence-electron chi connectivity index (χ3n) is 2.67. The fraction of sp³-hybridized carbons (Fsp3) is 0.308. The number of hydrogen-bond donors (Lipinski definition) is 0. The van der Waals surface area contributed by atoms with Crippen LogP contribution in [0.15, 0.2) is 12.1 Å². The number of fused-ring (bicyclic) bond motifs is 1. The third-order valence-corrected chi connectivity index (χ3v) is 3.71. The van der Waals surface area contributed by atoms with E-state index in [1.165, 1.54) is 13.2 Å². The summed E-state index contributed by atoms with van der Waals surface area (Å²) in [5, 5.41) is -0.101. The number of methoxy groups -OCH3 is 1. The van der Waals surface area contributed by atoms with E-state index in [9.17, 15) is 18.0 Å². The minimum Gasteiger partial charge on any atom is -0.497 e. The van der Waals surface area contributed by atoms with E-state index >= 15 is 0 Å². The average Bonchev–Trinajstić information content (AvgIpc) is 2.62. The van der Waals surface area contributed by atoms with Crippen LogP contribution in [0.25, 0.3) is 10.1 Å². The van der Waals surface area contributed by atoms with Crippen molar-refractivity contribution in [1.29, 1.82) is 0 Å². The van der Waals surface area contributed by atoms with Crippen LogP contribution in [0.2, 0.25) is 0 Å². The highest BCUT2D eigenvalue weighted by Crippen LogP contribution is 2.46. The summed E-state index contributed by atoms with van der Waals surface area (Å²) in [6, 6.07) is 2.40. The Morgan fingerprint density at radius 2 is 1.95 bits per heavy atom. The predicted molar refractivity (Wildman–Crippen MR) is 69.4 cm³/mol. The van der Waals surface area contributed by atoms with E-state index in [2.05, 4.69) is 0 Å². The smallest absolute Gasteiger partial charge is 0.417 e. The predicted octanol–water partition coefficient (Wildman–Crippen LogP) is 4.16. The number of benzene rings is 1. The number of ether oxygens (including phenoxy) is 2. The van der Waals surface area contributed by atoms with E-state index in [1.54, 1.807) is 6.92 Å². The maximum atomic E-state index is 13.2. The monoisotopic (exact) mass is 304 g/mol. The number of thiophene rings is 1. The van der Waals surface area contributed by atoms with Crippen molar-refractivity contribution in [2.75, 3.05) is 7.11 Å². The molecule has 7 heteroatoms. The van der Waals surface area contributed by atoms with Gasteiger partial charge < -0.3 is 9.47 Å². The molecule has 0 amide bonds. The molecule has 3 nitrogen and oxygen atoms in total. The number of halogens is 3. The molecule has 1 aromatic carbocycles. The number of carbonyl (C=O) groups is 1. The Kier molecular flexibility index (Phi) is 3.64. The van der Waals surface area contributed by atoms with Crippen LogP contribution in [-0.2, 0) is 11.0 Å². The first-order valence-corrected chi connectivity index (χ1v) is 6.42. The van der Waals surface area contributed by atoms with Crippen molar-refractivity contribution < 1.29 is 27.4 Å². The van der Waals surface area contributed by atoms with Gasteiger partial charge in [0.2, 0.25) is 0 Å². The molecule has 0 N–H and O–H groups in total. The number of rotatable bonds is 2. The van der Waals surface area contributed by atoms with E-state index in [-0.39, 0.29) is 16.9 Å². The Hall–Kier alpha value is -1.76. The molecule has 0 aliphatic rings. The lowest BCUT2D eigenvalue weighted by atomic mass is 10.1. The van der Waals surface area contributed by atoms with Crippen LogP contribution in [0.1, 0.15) is 17.4 Å². The Bertz CT molecular complexity index is 674. The summed E-state index contributed by atoms with van der Waals surface area (Å²) in [6.45, 7) is 2.76. The quantitative estimate of drug-likeness (QED) is 0.781. The van der Waals surface area contributed by atoms with Crippen molar-refractivity contribution in [3.8, 4) is 11.5 Å². The lowest BCUT2D eigenvalue weighted by Crippen LogP contribution is -2.08. The van der Waals surface area contributed by atoms with Gasteiger partial charge in [-0.1, -0.05) is 0 Å². The second kappa shape index (κ2) is 4.97. The normalized spacial score (nSPS) is 11.7. The fourth-order valence-corrected chi connectivity index (χ4v) is 2.95. The maximum absolute atomic E-state index is 13.2. The number of hydrogen-bond acceptors (Lipinski definition) is 4.